The van der Waals surface area contributed by atoms with Gasteiger partial charge in [-0.15, -0.1) is 0 Å². The lowest BCUT2D eigenvalue weighted by molar-refractivity contribution is -0.139. The van der Waals surface area contributed by atoms with Crippen molar-refractivity contribution in [1.82, 2.24) is 9.80 Å². The average Bonchev–Trinajstić information content (AvgIpc) is 2.83. The van der Waals surface area contributed by atoms with Crippen molar-refractivity contribution >= 4 is 5.91 Å². The second kappa shape index (κ2) is 7.14. The minimum absolute atomic E-state index is 0.190. The monoisotopic (exact) mass is 330 g/mol. The summed E-state index contributed by atoms with van der Waals surface area (Å²) in [6.45, 7) is 10.2. The van der Waals surface area contributed by atoms with Crippen molar-refractivity contribution < 1.29 is 9.53 Å². The summed E-state index contributed by atoms with van der Waals surface area (Å²) >= 11 is 0. The van der Waals surface area contributed by atoms with Crippen LogP contribution in [-0.2, 0) is 11.3 Å². The van der Waals surface area contributed by atoms with E-state index in [1.165, 1.54) is 16.7 Å². The van der Waals surface area contributed by atoms with Gasteiger partial charge in [0.1, 0.15) is 5.75 Å². The summed E-state index contributed by atoms with van der Waals surface area (Å²) in [6.07, 6.45) is 3.26. The second-order valence-corrected chi connectivity index (χ2v) is 7.40. The van der Waals surface area contributed by atoms with Gasteiger partial charge in [0.15, 0.2) is 0 Å². The van der Waals surface area contributed by atoms with E-state index in [4.69, 9.17) is 4.74 Å². The zero-order chi connectivity index (χ0) is 17.3. The van der Waals surface area contributed by atoms with Crippen LogP contribution >= 0.6 is 0 Å². The lowest BCUT2D eigenvalue weighted by Gasteiger charge is -2.35. The molecule has 0 unspecified atom stereocenters. The molecule has 132 valence electrons. The molecule has 2 atom stereocenters. The van der Waals surface area contributed by atoms with Crippen LogP contribution in [0.5, 0.6) is 5.75 Å². The summed E-state index contributed by atoms with van der Waals surface area (Å²) in [5.74, 6) is 1.53. The standard InChI is InChI=1S/C20H30N2O2/c1-5-8-22-18-7-6-16(20(22)23)11-21(13-18)12-17-9-15(3)19(24-4)10-14(17)2/h9-10,16,18H,5-8,11-13H2,1-4H3/t16-,18+/m0/s1. The summed E-state index contributed by atoms with van der Waals surface area (Å²) in [5, 5.41) is 0. The number of ether oxygens (including phenoxy) is 1. The van der Waals surface area contributed by atoms with Crippen LogP contribution in [-0.4, -0.2) is 48.5 Å². The first kappa shape index (κ1) is 17.3. The van der Waals surface area contributed by atoms with Crippen molar-refractivity contribution in [2.45, 2.75) is 52.6 Å². The molecule has 0 radical (unpaired) electrons. The van der Waals surface area contributed by atoms with Crippen LogP contribution < -0.4 is 4.74 Å². The number of aryl methyl sites for hydroxylation is 2. The molecule has 1 aromatic carbocycles. The van der Waals surface area contributed by atoms with E-state index in [0.717, 1.165) is 51.2 Å². The fourth-order valence-corrected chi connectivity index (χ4v) is 4.27. The van der Waals surface area contributed by atoms with Crippen LogP contribution in [0.25, 0.3) is 0 Å². The van der Waals surface area contributed by atoms with Gasteiger partial charge in [-0.2, -0.15) is 0 Å². The number of amides is 1. The number of fused-ring (bicyclic) bond motifs is 4. The molecule has 4 nitrogen and oxygen atoms in total. The Morgan fingerprint density at radius 1 is 1.17 bits per heavy atom. The van der Waals surface area contributed by atoms with E-state index >= 15 is 0 Å². The molecule has 2 bridgehead atoms. The highest BCUT2D eigenvalue weighted by atomic mass is 16.5. The van der Waals surface area contributed by atoms with Crippen molar-refractivity contribution in [3.63, 3.8) is 0 Å². The summed E-state index contributed by atoms with van der Waals surface area (Å²) in [5.41, 5.74) is 3.80. The molecule has 0 saturated carbocycles. The van der Waals surface area contributed by atoms with E-state index < -0.39 is 0 Å². The molecule has 1 amide bonds. The van der Waals surface area contributed by atoms with E-state index in [1.807, 2.05) is 0 Å². The summed E-state index contributed by atoms with van der Waals surface area (Å²) in [4.78, 5) is 17.3. The first-order chi connectivity index (χ1) is 11.5. The first-order valence-corrected chi connectivity index (χ1v) is 9.20. The quantitative estimate of drug-likeness (QED) is 0.831. The van der Waals surface area contributed by atoms with E-state index in [0.29, 0.717) is 11.9 Å². The molecule has 0 N–H and O–H groups in total. The normalized spacial score (nSPS) is 24.3. The molecule has 0 spiro atoms. The van der Waals surface area contributed by atoms with Crippen LogP contribution in [0.3, 0.4) is 0 Å². The van der Waals surface area contributed by atoms with Crippen LogP contribution in [0, 0.1) is 19.8 Å². The molecular weight excluding hydrogens is 300 g/mol. The number of carbonyl (C=O) groups is 1. The molecule has 3 fully saturated rings. The van der Waals surface area contributed by atoms with Gasteiger partial charge in [0.05, 0.1) is 13.0 Å². The topological polar surface area (TPSA) is 32.8 Å². The summed E-state index contributed by atoms with van der Waals surface area (Å²) in [7, 11) is 1.72. The lowest BCUT2D eigenvalue weighted by atomic mass is 9.94. The zero-order valence-electron chi connectivity index (χ0n) is 15.5. The Morgan fingerprint density at radius 2 is 1.96 bits per heavy atom. The van der Waals surface area contributed by atoms with Gasteiger partial charge >= 0.3 is 0 Å². The van der Waals surface area contributed by atoms with Gasteiger partial charge in [-0.05, 0) is 55.9 Å². The van der Waals surface area contributed by atoms with E-state index in [2.05, 4.69) is 42.7 Å². The summed E-state index contributed by atoms with van der Waals surface area (Å²) in [6, 6.07) is 4.77. The SMILES string of the molecule is CCCN1C(=O)[C@H]2CC[C@@H]1CN(Cc1cc(C)c(OC)cc1C)C2. The molecule has 0 aromatic heterocycles. The number of hydrogen-bond acceptors (Lipinski definition) is 3. The highest BCUT2D eigenvalue weighted by molar-refractivity contribution is 5.80. The molecule has 24 heavy (non-hydrogen) atoms. The van der Waals surface area contributed by atoms with Gasteiger partial charge in [-0.3, -0.25) is 9.69 Å². The Balaban J connectivity index is 1.77. The van der Waals surface area contributed by atoms with Crippen molar-refractivity contribution in [3.8, 4) is 5.75 Å². The maximum Gasteiger partial charge on any atom is 0.227 e. The van der Waals surface area contributed by atoms with Gasteiger partial charge in [0.2, 0.25) is 5.91 Å². The highest BCUT2D eigenvalue weighted by Crippen LogP contribution is 2.31. The third-order valence-electron chi connectivity index (χ3n) is 5.58. The Kier molecular flexibility index (Phi) is 5.14. The molecule has 1 aromatic rings. The van der Waals surface area contributed by atoms with Gasteiger partial charge in [-0.25, -0.2) is 0 Å². The number of methoxy groups -OCH3 is 1. The van der Waals surface area contributed by atoms with Crippen molar-refractivity contribution in [1.29, 1.82) is 0 Å². The van der Waals surface area contributed by atoms with Gasteiger partial charge in [0.25, 0.3) is 0 Å². The third kappa shape index (κ3) is 3.30. The van der Waals surface area contributed by atoms with E-state index in [9.17, 15) is 4.79 Å². The van der Waals surface area contributed by atoms with Crippen LogP contribution in [0.1, 0.15) is 42.9 Å². The number of nitrogens with zero attached hydrogens (tertiary/aromatic N) is 2. The van der Waals surface area contributed by atoms with Crippen LogP contribution in [0.15, 0.2) is 12.1 Å². The minimum Gasteiger partial charge on any atom is -0.496 e. The molecule has 3 aliphatic heterocycles. The number of carbonyl (C=O) groups excluding carboxylic acids is 1. The lowest BCUT2D eigenvalue weighted by Crippen LogP contribution is -2.48. The maximum atomic E-state index is 12.7. The second-order valence-electron chi connectivity index (χ2n) is 7.40. The van der Waals surface area contributed by atoms with Crippen LogP contribution in [0.2, 0.25) is 0 Å². The molecular formula is C20H30N2O2. The first-order valence-electron chi connectivity index (χ1n) is 9.20. The predicted octanol–water partition coefficient (Wildman–Crippen LogP) is 3.14. The number of hydrogen-bond donors (Lipinski definition) is 0. The van der Waals surface area contributed by atoms with E-state index in [-0.39, 0.29) is 5.92 Å². The highest BCUT2D eigenvalue weighted by Gasteiger charge is 2.40. The van der Waals surface area contributed by atoms with Crippen molar-refractivity contribution in [2.75, 3.05) is 26.7 Å². The molecule has 4 rings (SSSR count). The number of piperidine rings is 1. The number of benzene rings is 1. The Morgan fingerprint density at radius 3 is 2.67 bits per heavy atom. The summed E-state index contributed by atoms with van der Waals surface area (Å²) < 4.78 is 5.42. The minimum atomic E-state index is 0.190. The number of rotatable bonds is 5. The van der Waals surface area contributed by atoms with Gasteiger partial charge in [-0.1, -0.05) is 13.0 Å². The van der Waals surface area contributed by atoms with E-state index in [1.54, 1.807) is 7.11 Å². The van der Waals surface area contributed by atoms with Gasteiger partial charge in [0, 0.05) is 32.2 Å². The van der Waals surface area contributed by atoms with Crippen molar-refractivity contribution in [3.05, 3.63) is 28.8 Å². The maximum absolute atomic E-state index is 12.7. The third-order valence-corrected chi connectivity index (χ3v) is 5.58. The Hall–Kier alpha value is -1.55. The smallest absolute Gasteiger partial charge is 0.227 e. The Bertz CT molecular complexity index is 614. The van der Waals surface area contributed by atoms with Crippen molar-refractivity contribution in [2.24, 2.45) is 5.92 Å². The molecule has 0 aliphatic carbocycles. The molecule has 3 aliphatic rings. The predicted molar refractivity (Wildman–Crippen MR) is 96.3 cm³/mol. The molecule has 3 saturated heterocycles. The molecule has 4 heteroatoms. The fourth-order valence-electron chi connectivity index (χ4n) is 4.27. The van der Waals surface area contributed by atoms with Gasteiger partial charge < -0.3 is 9.64 Å². The van der Waals surface area contributed by atoms with Crippen LogP contribution in [0.4, 0.5) is 0 Å². The fraction of sp³-hybridized carbons (Fsp3) is 0.650. The Labute approximate surface area is 145 Å². The largest absolute Gasteiger partial charge is 0.496 e. The average molecular weight is 330 g/mol. The zero-order valence-corrected chi connectivity index (χ0v) is 15.5. The molecule has 3 heterocycles.